The number of aromatic nitrogens is 4. The Morgan fingerprint density at radius 2 is 2.40 bits per heavy atom. The van der Waals surface area contributed by atoms with Gasteiger partial charge in [0.2, 0.25) is 11.7 Å². The Hall–Kier alpha value is -2.41. The first-order chi connectivity index (χ1) is 9.81. The summed E-state index contributed by atoms with van der Waals surface area (Å²) in [5.74, 6) is 1.09. The Morgan fingerprint density at radius 3 is 3.15 bits per heavy atom. The number of nitrogens with one attached hydrogen (secondary N) is 1. The molecule has 0 aromatic carbocycles. The predicted octanol–water partition coefficient (Wildman–Crippen LogP) is 1.70. The van der Waals surface area contributed by atoms with E-state index in [1.54, 1.807) is 24.8 Å². The van der Waals surface area contributed by atoms with Crippen LogP contribution in [-0.4, -0.2) is 26.0 Å². The number of hydrogen-bond donors (Lipinski definition) is 1. The van der Waals surface area contributed by atoms with Crippen molar-refractivity contribution in [2.75, 3.05) is 0 Å². The Bertz CT molecular complexity index is 630. The van der Waals surface area contributed by atoms with E-state index in [1.807, 2.05) is 16.9 Å². The van der Waals surface area contributed by atoms with Crippen LogP contribution in [0.2, 0.25) is 0 Å². The molecule has 7 nitrogen and oxygen atoms in total. The van der Waals surface area contributed by atoms with Crippen molar-refractivity contribution in [2.24, 2.45) is 0 Å². The van der Waals surface area contributed by atoms with E-state index >= 15 is 0 Å². The molecular weight excluding hydrogens is 258 g/mol. The minimum absolute atomic E-state index is 0.249. The lowest BCUT2D eigenvalue weighted by molar-refractivity contribution is 0.350. The van der Waals surface area contributed by atoms with Crippen LogP contribution in [-0.2, 0) is 13.1 Å². The number of furan rings is 1. The van der Waals surface area contributed by atoms with Gasteiger partial charge in [0.05, 0.1) is 24.9 Å². The number of nitrogens with zero attached hydrogens (tertiary/aromatic N) is 4. The Balaban J connectivity index is 1.53. The van der Waals surface area contributed by atoms with Crippen molar-refractivity contribution >= 4 is 0 Å². The van der Waals surface area contributed by atoms with Gasteiger partial charge in [0.25, 0.3) is 0 Å². The molecule has 1 atom stereocenters. The van der Waals surface area contributed by atoms with E-state index in [1.165, 1.54) is 0 Å². The van der Waals surface area contributed by atoms with E-state index in [0.717, 1.165) is 12.1 Å². The van der Waals surface area contributed by atoms with Crippen molar-refractivity contribution < 1.29 is 8.94 Å². The first-order valence-corrected chi connectivity index (χ1v) is 6.37. The van der Waals surface area contributed by atoms with Crippen molar-refractivity contribution in [3.8, 4) is 11.4 Å². The highest BCUT2D eigenvalue weighted by Crippen LogP contribution is 2.15. The molecule has 104 valence electrons. The molecule has 0 bridgehead atoms. The highest BCUT2D eigenvalue weighted by molar-refractivity contribution is 5.51. The van der Waals surface area contributed by atoms with Crippen molar-refractivity contribution in [3.05, 3.63) is 42.9 Å². The lowest BCUT2D eigenvalue weighted by atomic mass is 10.3. The fourth-order valence-electron chi connectivity index (χ4n) is 1.85. The van der Waals surface area contributed by atoms with Gasteiger partial charge in [0.1, 0.15) is 6.26 Å². The highest BCUT2D eigenvalue weighted by Gasteiger charge is 2.10. The molecule has 0 aliphatic heterocycles. The Morgan fingerprint density at radius 1 is 1.45 bits per heavy atom. The van der Waals surface area contributed by atoms with Gasteiger partial charge in [-0.25, -0.2) is 0 Å². The van der Waals surface area contributed by atoms with Crippen molar-refractivity contribution in [1.29, 1.82) is 0 Å². The Kier molecular flexibility index (Phi) is 3.60. The average molecular weight is 273 g/mol. The second-order valence-electron chi connectivity index (χ2n) is 4.53. The molecule has 3 aromatic heterocycles. The molecular formula is C13H15N5O2. The Labute approximate surface area is 115 Å². The quantitative estimate of drug-likeness (QED) is 0.736. The average Bonchev–Trinajstić information content (AvgIpc) is 3.18. The summed E-state index contributed by atoms with van der Waals surface area (Å²) in [4.78, 5) is 4.30. The summed E-state index contributed by atoms with van der Waals surface area (Å²) in [6, 6.07) is 3.95. The third kappa shape index (κ3) is 2.94. The van der Waals surface area contributed by atoms with Crippen LogP contribution in [0.25, 0.3) is 11.4 Å². The van der Waals surface area contributed by atoms with Crippen molar-refractivity contribution in [2.45, 2.75) is 26.1 Å². The summed E-state index contributed by atoms with van der Waals surface area (Å²) >= 11 is 0. The van der Waals surface area contributed by atoms with Crippen LogP contribution < -0.4 is 5.32 Å². The number of hydrogen-bond acceptors (Lipinski definition) is 6. The lowest BCUT2D eigenvalue weighted by Gasteiger charge is -2.11. The standard InChI is InChI=1S/C13H15N5O2/c1-10(8-18-5-2-4-15-18)14-7-12-16-13(17-20-12)11-3-6-19-9-11/h2-6,9-10,14H,7-8H2,1H3/t10-/m1/s1. The molecule has 3 aromatic rings. The molecule has 0 spiro atoms. The van der Waals surface area contributed by atoms with Gasteiger partial charge in [-0.15, -0.1) is 0 Å². The van der Waals surface area contributed by atoms with Crippen LogP contribution in [0, 0.1) is 0 Å². The monoisotopic (exact) mass is 273 g/mol. The first-order valence-electron chi connectivity index (χ1n) is 6.37. The summed E-state index contributed by atoms with van der Waals surface area (Å²) < 4.78 is 12.1. The third-order valence-electron chi connectivity index (χ3n) is 2.87. The van der Waals surface area contributed by atoms with E-state index in [4.69, 9.17) is 8.94 Å². The minimum Gasteiger partial charge on any atom is -0.472 e. The molecule has 0 saturated carbocycles. The fraction of sp³-hybridized carbons (Fsp3) is 0.308. The summed E-state index contributed by atoms with van der Waals surface area (Å²) in [5.41, 5.74) is 0.810. The molecule has 1 N–H and O–H groups in total. The topological polar surface area (TPSA) is 81.9 Å². The van der Waals surface area contributed by atoms with Gasteiger partial charge >= 0.3 is 0 Å². The van der Waals surface area contributed by atoms with E-state index in [2.05, 4.69) is 27.5 Å². The maximum Gasteiger partial charge on any atom is 0.240 e. The maximum absolute atomic E-state index is 5.19. The van der Waals surface area contributed by atoms with Crippen LogP contribution in [0.3, 0.4) is 0 Å². The van der Waals surface area contributed by atoms with Gasteiger partial charge in [-0.1, -0.05) is 5.16 Å². The molecule has 0 fully saturated rings. The van der Waals surface area contributed by atoms with Crippen LogP contribution in [0.1, 0.15) is 12.8 Å². The van der Waals surface area contributed by atoms with Gasteiger partial charge in [0, 0.05) is 18.4 Å². The van der Waals surface area contributed by atoms with Gasteiger partial charge in [-0.3, -0.25) is 4.68 Å². The van der Waals surface area contributed by atoms with E-state index in [0.29, 0.717) is 18.3 Å². The molecule has 0 radical (unpaired) electrons. The molecule has 0 aliphatic carbocycles. The van der Waals surface area contributed by atoms with Gasteiger partial charge in [-0.2, -0.15) is 10.1 Å². The summed E-state index contributed by atoms with van der Waals surface area (Å²) in [6.45, 7) is 3.39. The molecule has 3 rings (SSSR count). The smallest absolute Gasteiger partial charge is 0.240 e. The zero-order valence-corrected chi connectivity index (χ0v) is 11.1. The summed E-state index contributed by atoms with van der Waals surface area (Å²) in [7, 11) is 0. The van der Waals surface area contributed by atoms with Crippen LogP contribution in [0.5, 0.6) is 0 Å². The normalized spacial score (nSPS) is 12.7. The van der Waals surface area contributed by atoms with Crippen LogP contribution in [0.4, 0.5) is 0 Å². The van der Waals surface area contributed by atoms with Crippen molar-refractivity contribution in [3.63, 3.8) is 0 Å². The minimum atomic E-state index is 0.249. The van der Waals surface area contributed by atoms with E-state index < -0.39 is 0 Å². The molecule has 3 heterocycles. The molecule has 20 heavy (non-hydrogen) atoms. The second kappa shape index (κ2) is 5.70. The highest BCUT2D eigenvalue weighted by atomic mass is 16.5. The zero-order valence-electron chi connectivity index (χ0n) is 11.1. The number of rotatable bonds is 6. The fourth-order valence-corrected chi connectivity index (χ4v) is 1.85. The van der Waals surface area contributed by atoms with Gasteiger partial charge in [0.15, 0.2) is 0 Å². The van der Waals surface area contributed by atoms with Gasteiger partial charge in [-0.05, 0) is 19.1 Å². The largest absolute Gasteiger partial charge is 0.472 e. The van der Waals surface area contributed by atoms with Gasteiger partial charge < -0.3 is 14.3 Å². The van der Waals surface area contributed by atoms with Crippen LogP contribution >= 0.6 is 0 Å². The van der Waals surface area contributed by atoms with E-state index in [9.17, 15) is 0 Å². The second-order valence-corrected chi connectivity index (χ2v) is 4.53. The SMILES string of the molecule is C[C@H](Cn1cccn1)NCc1nc(-c2ccoc2)no1. The molecule has 0 amide bonds. The molecule has 0 unspecified atom stereocenters. The van der Waals surface area contributed by atoms with Crippen molar-refractivity contribution in [1.82, 2.24) is 25.2 Å². The lowest BCUT2D eigenvalue weighted by Crippen LogP contribution is -2.30. The molecule has 0 aliphatic rings. The summed E-state index contributed by atoms with van der Waals surface area (Å²) in [6.07, 6.45) is 6.86. The molecule has 0 saturated heterocycles. The first kappa shape index (κ1) is 12.6. The third-order valence-corrected chi connectivity index (χ3v) is 2.87. The maximum atomic E-state index is 5.19. The van der Waals surface area contributed by atoms with E-state index in [-0.39, 0.29) is 6.04 Å². The van der Waals surface area contributed by atoms with Crippen LogP contribution in [0.15, 0.2) is 46.0 Å². The summed E-state index contributed by atoms with van der Waals surface area (Å²) in [5, 5.41) is 11.4. The zero-order chi connectivity index (χ0) is 13.8. The molecule has 7 heteroatoms. The predicted molar refractivity (Wildman–Crippen MR) is 70.5 cm³/mol.